The summed E-state index contributed by atoms with van der Waals surface area (Å²) in [5.41, 5.74) is 1.38. The number of nitrogens with one attached hydrogen (secondary N) is 1. The van der Waals surface area contributed by atoms with Gasteiger partial charge >= 0.3 is 0 Å². The van der Waals surface area contributed by atoms with Gasteiger partial charge in [-0.15, -0.1) is 0 Å². The van der Waals surface area contributed by atoms with E-state index >= 15 is 0 Å². The van der Waals surface area contributed by atoms with Crippen LogP contribution in [0.25, 0.3) is 0 Å². The normalized spacial score (nSPS) is 31.5. The van der Waals surface area contributed by atoms with E-state index in [4.69, 9.17) is 0 Å². The highest BCUT2D eigenvalue weighted by Crippen LogP contribution is 2.30. The predicted octanol–water partition coefficient (Wildman–Crippen LogP) is 0.215. The van der Waals surface area contributed by atoms with E-state index in [9.17, 15) is 15.3 Å². The number of benzene rings is 1. The number of para-hydroxylation sites is 1. The van der Waals surface area contributed by atoms with Gasteiger partial charge in [0.15, 0.2) is 6.23 Å². The van der Waals surface area contributed by atoms with Crippen molar-refractivity contribution in [2.45, 2.75) is 24.9 Å². The Morgan fingerprint density at radius 3 is 2.64 bits per heavy atom. The van der Waals surface area contributed by atoms with Gasteiger partial charge in [0.2, 0.25) is 0 Å². The van der Waals surface area contributed by atoms with Crippen LogP contribution in [0.1, 0.15) is 18.1 Å². The fourth-order valence-corrected chi connectivity index (χ4v) is 1.66. The Bertz CT molecular complexity index is 329. The van der Waals surface area contributed by atoms with Crippen molar-refractivity contribution in [1.82, 2.24) is 0 Å². The smallest absolute Gasteiger partial charge is 0.150 e. The maximum atomic E-state index is 9.72. The minimum absolute atomic E-state index is 0.144. The Labute approximate surface area is 81.8 Å². The van der Waals surface area contributed by atoms with Crippen LogP contribution in [0.2, 0.25) is 0 Å². The molecule has 0 fully saturated rings. The molecule has 0 saturated heterocycles. The summed E-state index contributed by atoms with van der Waals surface area (Å²) in [6.45, 7) is 0. The molecule has 1 aromatic rings. The molecule has 0 aromatic heterocycles. The van der Waals surface area contributed by atoms with Crippen LogP contribution in [0.5, 0.6) is 0 Å². The van der Waals surface area contributed by atoms with Crippen molar-refractivity contribution in [2.24, 2.45) is 0 Å². The van der Waals surface area contributed by atoms with Crippen LogP contribution in [0, 0.1) is 0 Å². The van der Waals surface area contributed by atoms with Crippen molar-refractivity contribution in [2.75, 3.05) is 5.32 Å². The highest BCUT2D eigenvalue weighted by atomic mass is 16.3. The van der Waals surface area contributed by atoms with Crippen LogP contribution >= 0.6 is 0 Å². The highest BCUT2D eigenvalue weighted by molar-refractivity contribution is 5.53. The van der Waals surface area contributed by atoms with Gasteiger partial charge in [0.05, 0.1) is 6.10 Å². The first kappa shape index (κ1) is 9.45. The molecule has 1 aliphatic rings. The van der Waals surface area contributed by atoms with Crippen molar-refractivity contribution in [3.05, 3.63) is 29.8 Å². The lowest BCUT2D eigenvalue weighted by Crippen LogP contribution is -2.32. The highest BCUT2D eigenvalue weighted by Gasteiger charge is 2.26. The van der Waals surface area contributed by atoms with Crippen molar-refractivity contribution in [3.8, 4) is 0 Å². The van der Waals surface area contributed by atoms with Gasteiger partial charge in [-0.25, -0.2) is 0 Å². The van der Waals surface area contributed by atoms with Crippen molar-refractivity contribution >= 4 is 5.69 Å². The minimum Gasteiger partial charge on any atom is -0.388 e. The third-order valence-electron chi connectivity index (χ3n) is 2.45. The fraction of sp³-hybridized carbons (Fsp3) is 0.400. The second-order valence-corrected chi connectivity index (χ2v) is 3.50. The van der Waals surface area contributed by atoms with Crippen LogP contribution in [0.15, 0.2) is 24.3 Å². The molecule has 3 atom stereocenters. The summed E-state index contributed by atoms with van der Waals surface area (Å²) in [4.78, 5) is 0. The Kier molecular flexibility index (Phi) is 2.41. The lowest BCUT2D eigenvalue weighted by molar-refractivity contribution is 0.00553. The molecule has 3 unspecified atom stereocenters. The molecule has 0 aliphatic carbocycles. The molecule has 0 spiro atoms. The third kappa shape index (κ3) is 1.59. The average Bonchev–Trinajstić information content (AvgIpc) is 2.27. The summed E-state index contributed by atoms with van der Waals surface area (Å²) < 4.78 is 0. The van der Waals surface area contributed by atoms with Crippen molar-refractivity contribution in [1.29, 1.82) is 0 Å². The molecular weight excluding hydrogens is 182 g/mol. The summed E-state index contributed by atoms with van der Waals surface area (Å²) in [5, 5.41) is 31.3. The molecule has 1 aliphatic heterocycles. The van der Waals surface area contributed by atoms with Crippen molar-refractivity contribution < 1.29 is 15.3 Å². The number of hydrogen-bond acceptors (Lipinski definition) is 4. The quantitative estimate of drug-likeness (QED) is 0.477. The second-order valence-electron chi connectivity index (χ2n) is 3.50. The van der Waals surface area contributed by atoms with Crippen LogP contribution < -0.4 is 5.32 Å². The number of hydrogen-bond donors (Lipinski definition) is 4. The molecule has 1 heterocycles. The van der Waals surface area contributed by atoms with Gasteiger partial charge in [0.25, 0.3) is 0 Å². The van der Waals surface area contributed by atoms with E-state index in [2.05, 4.69) is 5.32 Å². The maximum Gasteiger partial charge on any atom is 0.150 e. The molecule has 0 amide bonds. The Hall–Kier alpha value is -1.10. The van der Waals surface area contributed by atoms with Gasteiger partial charge in [-0.2, -0.15) is 0 Å². The number of anilines is 1. The molecule has 2 rings (SSSR count). The maximum absolute atomic E-state index is 9.72. The molecule has 14 heavy (non-hydrogen) atoms. The molecule has 0 radical (unpaired) electrons. The Morgan fingerprint density at radius 1 is 1.14 bits per heavy atom. The first-order valence-corrected chi connectivity index (χ1v) is 4.58. The summed E-state index contributed by atoms with van der Waals surface area (Å²) in [7, 11) is 0. The van der Waals surface area contributed by atoms with Gasteiger partial charge in [0.1, 0.15) is 6.10 Å². The molecule has 76 valence electrons. The average molecular weight is 195 g/mol. The standard InChI is InChI=1S/C10H13NO3/c12-8-5-9(13)10(14)11-7-4-2-1-3-6(7)8/h1-4,8-14H,5H2. The lowest BCUT2D eigenvalue weighted by atomic mass is 10.0. The zero-order chi connectivity index (χ0) is 10.1. The lowest BCUT2D eigenvalue weighted by Gasteiger charge is -2.16. The van der Waals surface area contributed by atoms with E-state index in [1.165, 1.54) is 0 Å². The van der Waals surface area contributed by atoms with Gasteiger partial charge < -0.3 is 20.6 Å². The third-order valence-corrected chi connectivity index (χ3v) is 2.45. The number of fused-ring (bicyclic) bond motifs is 1. The van der Waals surface area contributed by atoms with Crippen LogP contribution in [-0.2, 0) is 0 Å². The number of rotatable bonds is 0. The van der Waals surface area contributed by atoms with E-state index in [-0.39, 0.29) is 6.42 Å². The number of aliphatic hydroxyl groups excluding tert-OH is 3. The molecular formula is C10H13NO3. The summed E-state index contributed by atoms with van der Waals surface area (Å²) in [6.07, 6.45) is -2.55. The van der Waals surface area contributed by atoms with Gasteiger partial charge in [-0.3, -0.25) is 0 Å². The van der Waals surface area contributed by atoms with Crippen LogP contribution in [0.3, 0.4) is 0 Å². The van der Waals surface area contributed by atoms with Gasteiger partial charge in [-0.05, 0) is 6.07 Å². The van der Waals surface area contributed by atoms with Gasteiger partial charge in [-0.1, -0.05) is 18.2 Å². The second kappa shape index (κ2) is 3.57. The monoisotopic (exact) mass is 195 g/mol. The molecule has 4 heteroatoms. The first-order valence-electron chi connectivity index (χ1n) is 4.58. The zero-order valence-corrected chi connectivity index (χ0v) is 7.59. The fourth-order valence-electron chi connectivity index (χ4n) is 1.66. The molecule has 0 saturated carbocycles. The van der Waals surface area contributed by atoms with E-state index in [1.807, 2.05) is 12.1 Å². The summed E-state index contributed by atoms with van der Waals surface area (Å²) in [5.74, 6) is 0. The largest absolute Gasteiger partial charge is 0.388 e. The number of aliphatic hydroxyl groups is 3. The van der Waals surface area contributed by atoms with E-state index < -0.39 is 18.4 Å². The molecule has 0 bridgehead atoms. The molecule has 4 N–H and O–H groups in total. The first-order chi connectivity index (χ1) is 6.68. The predicted molar refractivity (Wildman–Crippen MR) is 51.7 cm³/mol. The van der Waals surface area contributed by atoms with Crippen LogP contribution in [0.4, 0.5) is 5.69 Å². The SMILES string of the molecule is OC1CC(O)C(O)Nc2ccccc21. The van der Waals surface area contributed by atoms with Gasteiger partial charge in [0, 0.05) is 17.7 Å². The summed E-state index contributed by atoms with van der Waals surface area (Å²) >= 11 is 0. The molecule has 1 aromatic carbocycles. The minimum atomic E-state index is -1.02. The summed E-state index contributed by atoms with van der Waals surface area (Å²) in [6, 6.07) is 7.16. The Morgan fingerprint density at radius 2 is 1.86 bits per heavy atom. The Balaban J connectivity index is 2.38. The van der Waals surface area contributed by atoms with E-state index in [1.54, 1.807) is 12.1 Å². The zero-order valence-electron chi connectivity index (χ0n) is 7.59. The van der Waals surface area contributed by atoms with Crippen molar-refractivity contribution in [3.63, 3.8) is 0 Å². The topological polar surface area (TPSA) is 72.7 Å². The van der Waals surface area contributed by atoms with E-state index in [0.29, 0.717) is 11.3 Å². The molecule has 4 nitrogen and oxygen atoms in total. The van der Waals surface area contributed by atoms with E-state index in [0.717, 1.165) is 0 Å². The van der Waals surface area contributed by atoms with Crippen LogP contribution in [-0.4, -0.2) is 27.7 Å².